The van der Waals surface area contributed by atoms with Gasteiger partial charge in [-0.05, 0) is 190 Å². The molecule has 2 atom stereocenters. The van der Waals surface area contributed by atoms with Gasteiger partial charge in [0, 0.05) is 259 Å². The predicted molar refractivity (Wildman–Crippen MR) is 517 cm³/mol. The van der Waals surface area contributed by atoms with Crippen molar-refractivity contribution in [2.45, 2.75) is 194 Å². The van der Waals surface area contributed by atoms with Crippen LogP contribution in [0, 0.1) is 11.3 Å². The predicted octanol–water partition coefficient (Wildman–Crippen LogP) is 13.7. The fourth-order valence-corrected chi connectivity index (χ4v) is 22.9. The van der Waals surface area contributed by atoms with Gasteiger partial charge in [-0.1, -0.05) is 29.8 Å². The number of rotatable bonds is 12. The van der Waals surface area contributed by atoms with Gasteiger partial charge in [0.2, 0.25) is 23.6 Å². The maximum absolute atomic E-state index is 12.2. The van der Waals surface area contributed by atoms with E-state index in [0.717, 1.165) is 250 Å². The Bertz CT molecular complexity index is 6640. The lowest BCUT2D eigenvalue weighted by Crippen LogP contribution is -2.37. The molecule has 4 aromatic carbocycles. The Morgan fingerprint density at radius 1 is 0.397 bits per heavy atom. The average Bonchev–Trinajstić information content (AvgIpc) is 1.61. The van der Waals surface area contributed by atoms with Crippen LogP contribution in [0.5, 0.6) is 0 Å². The number of amides is 4. The van der Waals surface area contributed by atoms with Crippen LogP contribution in [0.4, 0.5) is 46.0 Å². The first-order valence-corrected chi connectivity index (χ1v) is 49.3. The lowest BCUT2D eigenvalue weighted by molar-refractivity contribution is -0.130. The summed E-state index contributed by atoms with van der Waals surface area (Å²) in [6.45, 7) is 23.1. The monoisotopic (exact) mass is 1850 g/mol. The maximum atomic E-state index is 12.2. The van der Waals surface area contributed by atoms with Gasteiger partial charge in [-0.25, -0.2) is 4.98 Å². The van der Waals surface area contributed by atoms with Crippen molar-refractivity contribution >= 4 is 81.3 Å². The summed E-state index contributed by atoms with van der Waals surface area (Å²) in [4.78, 5) is 70.2. The van der Waals surface area contributed by atoms with Crippen LogP contribution < -0.4 is 24.9 Å². The van der Waals surface area contributed by atoms with Crippen LogP contribution in [-0.4, -0.2) is 222 Å². The number of fused-ring (bicyclic) bond motifs is 9. The second-order valence-electron chi connectivity index (χ2n) is 38.6. The molecular formula is C103H118ClN25O7. The van der Waals surface area contributed by atoms with E-state index in [4.69, 9.17) is 51.5 Å². The average molecular weight is 1850 g/mol. The fraction of sp³-hybridized carbons (Fsp3) is 0.466. The molecule has 1 unspecified atom stereocenters. The fourth-order valence-electron chi connectivity index (χ4n) is 22.6. The van der Waals surface area contributed by atoms with Crippen molar-refractivity contribution in [1.29, 1.82) is 5.26 Å². The van der Waals surface area contributed by atoms with Crippen molar-refractivity contribution in [2.24, 2.45) is 14.1 Å². The molecule has 8 aromatic heterocycles. The van der Waals surface area contributed by atoms with Gasteiger partial charge in [0.25, 0.3) is 0 Å². The van der Waals surface area contributed by atoms with Gasteiger partial charge < -0.3 is 58.7 Å². The number of hydrogen-bond acceptors (Lipinski definition) is 21. The highest BCUT2D eigenvalue weighted by molar-refractivity contribution is 6.33. The third-order valence-electron chi connectivity index (χ3n) is 30.1. The highest BCUT2D eigenvalue weighted by atomic mass is 35.5. The van der Waals surface area contributed by atoms with Crippen molar-refractivity contribution in [2.75, 3.05) is 125 Å². The Morgan fingerprint density at radius 2 is 0.831 bits per heavy atom. The highest BCUT2D eigenvalue weighted by Crippen LogP contribution is 2.48. The Hall–Kier alpha value is -12.8. The first kappa shape index (κ1) is 88.5. The normalized spacial score (nSPS) is 19.3. The van der Waals surface area contributed by atoms with Crippen LogP contribution in [0.3, 0.4) is 0 Å². The number of carbonyl (C=O) groups excluding carboxylic acids is 4. The van der Waals surface area contributed by atoms with Crippen LogP contribution in [0.2, 0.25) is 5.02 Å². The van der Waals surface area contributed by atoms with E-state index in [1.54, 1.807) is 44.6 Å². The van der Waals surface area contributed by atoms with Crippen LogP contribution in [0.1, 0.15) is 182 Å². The minimum atomic E-state index is 0.107. The molecular weight excluding hydrogens is 1730 g/mol. The first-order chi connectivity index (χ1) is 66.4. The number of carbonyl (C=O) groups is 4. The Labute approximate surface area is 796 Å². The van der Waals surface area contributed by atoms with E-state index < -0.39 is 0 Å². The van der Waals surface area contributed by atoms with Crippen LogP contribution in [0.15, 0.2) is 116 Å². The second-order valence-corrected chi connectivity index (χ2v) is 39.0. The first-order valence-electron chi connectivity index (χ1n) is 48.9. The third kappa shape index (κ3) is 16.9. The topological polar surface area (TPSA) is 295 Å². The molecule has 0 aliphatic carbocycles. The van der Waals surface area contributed by atoms with E-state index in [1.165, 1.54) is 114 Å². The standard InChI is InChI=1S/C27H32N6O2.C26H26N6O2.C25H29ClN6O2.C25H31N7O/c1-18(34)30-12-9-26-23(15-30)27(29-33(26)21-16-35-17-21)31-10-4-5-20-13-19(7-8-24(20)31)22-14-28-32-11-3-2-6-25(22)32;1-17(33)30-10-8-25-23(14-30)26(29-32(25)22-15-34-16-22)31-9-2-3-19-11-18(5-7-24(19)31)20-4-6-21(12-27)28-13-20;1-16(33)30-8-5-23-21(14-30)25(28-32(23)19-6-9-34-15-19)31-7-3-4-17-10-20(22(26)11-24(17)31)18-12-27-29(2)13-18;1-17(33)30-11-8-24-22(16-30)25(28-32(24)21-7-9-26-14-21)31-10-3-4-19-12-18(5-6-23(19)31)20-13-27-29(2)15-20/h7-8,13-14,21H,2-6,9-12,15-17H2,1H3;4-7,11,13,22H,2-3,8-10,14-16H2,1H3;10-13,19H,3-9,14-15H2,1-2H3;5-6,12-13,15,21,26H,3-4,7-11,14,16H2,1-2H3/t;;19-;/m..0./s1. The van der Waals surface area contributed by atoms with E-state index in [2.05, 4.69) is 154 Å². The van der Waals surface area contributed by atoms with Gasteiger partial charge in [0.05, 0.1) is 107 Å². The molecule has 4 amide bonds. The third-order valence-corrected chi connectivity index (χ3v) is 30.4. The van der Waals surface area contributed by atoms with Gasteiger partial charge in [-0.15, -0.1) is 0 Å². The number of nitriles is 1. The number of ether oxygens (including phenoxy) is 3. The van der Waals surface area contributed by atoms with Crippen molar-refractivity contribution in [3.8, 4) is 50.6 Å². The number of pyridine rings is 1. The number of aromatic nitrogens is 15. The van der Waals surface area contributed by atoms with Gasteiger partial charge in [-0.3, -0.25) is 52.0 Å². The van der Waals surface area contributed by atoms with Crippen molar-refractivity contribution in [3.63, 3.8) is 0 Å². The molecule has 4 saturated heterocycles. The molecule has 25 rings (SSSR count). The molecule has 1 N–H and O–H groups in total. The summed E-state index contributed by atoms with van der Waals surface area (Å²) in [5.74, 6) is 4.48. The zero-order valence-electron chi connectivity index (χ0n) is 78.6. The summed E-state index contributed by atoms with van der Waals surface area (Å²) in [6, 6.07) is 31.5. The van der Waals surface area contributed by atoms with E-state index >= 15 is 0 Å². The molecule has 12 aromatic rings. The van der Waals surface area contributed by atoms with Crippen LogP contribution >= 0.6 is 11.6 Å². The number of halogens is 1. The molecule has 33 heteroatoms. The van der Waals surface area contributed by atoms with E-state index in [0.29, 0.717) is 68.8 Å². The lowest BCUT2D eigenvalue weighted by Gasteiger charge is -2.33. The molecule has 4 fully saturated rings. The van der Waals surface area contributed by atoms with Gasteiger partial charge in [-0.2, -0.15) is 41.0 Å². The number of hydrogen-bond donors (Lipinski definition) is 1. The van der Waals surface area contributed by atoms with Crippen molar-refractivity contribution < 1.29 is 33.4 Å². The SMILES string of the molecule is CC(=O)N1CCc2c(c(N3CCCc4cc(-c5ccc(C#N)nc5)ccc43)nn2C2COC2)C1.CC(=O)N1CCc2c(c(N3CCCc4cc(-c5cnn(C)c5)c(Cl)cc43)nn2[C@H]2CCOC2)C1.CC(=O)N1CCc2c(c(N3CCCc4cc(-c5cnn(C)c5)ccc43)nn2C2CCNC2)C1.CC(=O)N1CCc2c(c(N3CCCc4cc(-c5cnn6c5CCCC6)ccc43)nn2C2COC2)C1. The van der Waals surface area contributed by atoms with Gasteiger partial charge in [0.15, 0.2) is 23.3 Å². The number of anilines is 8. The van der Waals surface area contributed by atoms with E-state index in [9.17, 15) is 19.2 Å². The largest absolute Gasteiger partial charge is 0.379 e. The molecule has 0 radical (unpaired) electrons. The van der Waals surface area contributed by atoms with E-state index in [-0.39, 0.29) is 35.7 Å². The summed E-state index contributed by atoms with van der Waals surface area (Å²) in [5.41, 5.74) is 30.7. The second kappa shape index (κ2) is 37.4. The minimum Gasteiger partial charge on any atom is -0.379 e. The zero-order chi connectivity index (χ0) is 92.7. The number of nitrogens with zero attached hydrogens (tertiary/aromatic N) is 24. The molecule has 0 spiro atoms. The smallest absolute Gasteiger partial charge is 0.219 e. The molecule has 704 valence electrons. The molecule has 136 heavy (non-hydrogen) atoms. The van der Waals surface area contributed by atoms with Gasteiger partial charge in [0.1, 0.15) is 11.8 Å². The Kier molecular flexibility index (Phi) is 24.3. The molecule has 13 aliphatic heterocycles. The Balaban J connectivity index is 0.000000105. The van der Waals surface area contributed by atoms with E-state index in [1.807, 2.05) is 63.0 Å². The highest BCUT2D eigenvalue weighted by Gasteiger charge is 2.41. The molecule has 0 bridgehead atoms. The number of aryl methyl sites for hydroxylation is 7. The molecule has 13 aliphatic rings. The zero-order valence-corrected chi connectivity index (χ0v) is 79.4. The summed E-state index contributed by atoms with van der Waals surface area (Å²) in [6.07, 6.45) is 29.0. The summed E-state index contributed by atoms with van der Waals surface area (Å²) < 4.78 is 31.3. The summed E-state index contributed by atoms with van der Waals surface area (Å²) in [5, 5.41) is 47.2. The lowest BCUT2D eigenvalue weighted by atomic mass is 9.94. The molecule has 32 nitrogen and oxygen atoms in total. The summed E-state index contributed by atoms with van der Waals surface area (Å²) in [7, 11) is 3.87. The minimum absolute atomic E-state index is 0.107. The van der Waals surface area contributed by atoms with Crippen LogP contribution in [-0.2, 0) is 138 Å². The van der Waals surface area contributed by atoms with Crippen molar-refractivity contribution in [1.82, 2.24) is 98.4 Å². The quantitative estimate of drug-likeness (QED) is 0.119. The van der Waals surface area contributed by atoms with Crippen LogP contribution in [0.25, 0.3) is 44.5 Å². The molecule has 0 saturated carbocycles. The Morgan fingerprint density at radius 3 is 1.25 bits per heavy atom. The maximum Gasteiger partial charge on any atom is 0.219 e. The number of nitrogens with one attached hydrogen (secondary N) is 1. The van der Waals surface area contributed by atoms with Gasteiger partial charge >= 0.3 is 0 Å². The molecule has 21 heterocycles. The van der Waals surface area contributed by atoms with Crippen molar-refractivity contribution in [3.05, 3.63) is 200 Å². The number of benzene rings is 4. The summed E-state index contributed by atoms with van der Waals surface area (Å²) >= 11 is 6.82.